The first kappa shape index (κ1) is 24.1. The van der Waals surface area contributed by atoms with Crippen LogP contribution in [-0.4, -0.2) is 44.0 Å². The predicted octanol–water partition coefficient (Wildman–Crippen LogP) is 3.28. The smallest absolute Gasteiger partial charge is 0.394 e. The van der Waals surface area contributed by atoms with Crippen LogP contribution in [0.15, 0.2) is 27.9 Å². The summed E-state index contributed by atoms with van der Waals surface area (Å²) in [5.74, 6) is 0.471. The fraction of sp³-hybridized carbons (Fsp3) is 0.560. The minimum atomic E-state index is -4.33. The van der Waals surface area contributed by atoms with E-state index in [0.29, 0.717) is 31.2 Å². The predicted molar refractivity (Wildman–Crippen MR) is 126 cm³/mol. The molecule has 37 heavy (non-hydrogen) atoms. The molecular weight excluding hydrogens is 491 g/mol. The highest BCUT2D eigenvalue weighted by atomic mass is 19.4. The SMILES string of the molecule is COc1ccc([C@H]2C[C@@H](c3nc4c(=O)n(C)c(C)nc4n(C45CC(C(F)(F)F)(C4)C5)c3=O)CCO2)cn1. The molecule has 3 aromatic rings. The van der Waals surface area contributed by atoms with Gasteiger partial charge >= 0.3 is 6.18 Å². The Labute approximate surface area is 209 Å². The van der Waals surface area contributed by atoms with E-state index in [-0.39, 0.29) is 48.1 Å². The van der Waals surface area contributed by atoms with Gasteiger partial charge in [0.25, 0.3) is 11.1 Å². The number of halogens is 3. The van der Waals surface area contributed by atoms with Crippen molar-refractivity contribution in [1.82, 2.24) is 24.1 Å². The largest absolute Gasteiger partial charge is 0.481 e. The van der Waals surface area contributed by atoms with E-state index >= 15 is 0 Å². The molecule has 0 N–H and O–H groups in total. The van der Waals surface area contributed by atoms with Crippen molar-refractivity contribution in [3.8, 4) is 5.88 Å². The molecule has 4 fully saturated rings. The van der Waals surface area contributed by atoms with Crippen molar-refractivity contribution < 1.29 is 22.6 Å². The Morgan fingerprint density at radius 3 is 2.49 bits per heavy atom. The van der Waals surface area contributed by atoms with Gasteiger partial charge in [-0.15, -0.1) is 0 Å². The Hall–Kier alpha value is -3.28. The quantitative estimate of drug-likeness (QED) is 0.524. The maximum atomic E-state index is 13.9. The van der Waals surface area contributed by atoms with E-state index in [1.165, 1.54) is 16.2 Å². The molecule has 2 atom stereocenters. The Kier molecular flexibility index (Phi) is 5.11. The van der Waals surface area contributed by atoms with Gasteiger partial charge in [-0.2, -0.15) is 13.2 Å². The van der Waals surface area contributed by atoms with Gasteiger partial charge in [0.2, 0.25) is 5.88 Å². The summed E-state index contributed by atoms with van der Waals surface area (Å²) in [7, 11) is 3.08. The van der Waals surface area contributed by atoms with Crippen LogP contribution >= 0.6 is 0 Å². The van der Waals surface area contributed by atoms with E-state index in [1.807, 2.05) is 6.07 Å². The van der Waals surface area contributed by atoms with Crippen molar-refractivity contribution in [2.45, 2.75) is 62.8 Å². The molecule has 3 saturated carbocycles. The average molecular weight is 518 g/mol. The Balaban J connectivity index is 1.45. The molecule has 1 aliphatic heterocycles. The second kappa shape index (κ2) is 7.86. The van der Waals surface area contributed by atoms with E-state index in [1.54, 1.807) is 26.2 Å². The first-order chi connectivity index (χ1) is 17.5. The first-order valence-corrected chi connectivity index (χ1v) is 12.2. The van der Waals surface area contributed by atoms with Crippen LogP contribution in [0.25, 0.3) is 11.2 Å². The van der Waals surface area contributed by atoms with Crippen molar-refractivity contribution in [3.05, 3.63) is 56.1 Å². The lowest BCUT2D eigenvalue weighted by Crippen LogP contribution is -2.74. The third-order valence-corrected chi connectivity index (χ3v) is 8.43. The van der Waals surface area contributed by atoms with Crippen molar-refractivity contribution >= 4 is 11.2 Å². The summed E-state index contributed by atoms with van der Waals surface area (Å²) < 4.78 is 54.6. The van der Waals surface area contributed by atoms with E-state index < -0.39 is 28.2 Å². The van der Waals surface area contributed by atoms with Crippen LogP contribution in [0.1, 0.15) is 61.2 Å². The van der Waals surface area contributed by atoms with E-state index in [2.05, 4.69) is 15.0 Å². The Morgan fingerprint density at radius 2 is 1.86 bits per heavy atom. The summed E-state index contributed by atoms with van der Waals surface area (Å²) >= 11 is 0. The third-order valence-electron chi connectivity index (χ3n) is 8.43. The highest BCUT2D eigenvalue weighted by Crippen LogP contribution is 2.76. The molecule has 9 nitrogen and oxygen atoms in total. The molecule has 4 heterocycles. The lowest BCUT2D eigenvalue weighted by molar-refractivity contribution is -0.354. The number of aryl methyl sites for hydroxylation is 1. The summed E-state index contributed by atoms with van der Waals surface area (Å²) in [6.45, 7) is 1.97. The van der Waals surface area contributed by atoms with Gasteiger partial charge in [0.1, 0.15) is 11.5 Å². The number of hydrogen-bond donors (Lipinski definition) is 0. The van der Waals surface area contributed by atoms with Gasteiger partial charge in [0, 0.05) is 31.8 Å². The number of hydrogen-bond acceptors (Lipinski definition) is 7. The summed E-state index contributed by atoms with van der Waals surface area (Å²) in [5.41, 5.74) is -2.61. The van der Waals surface area contributed by atoms with Gasteiger partial charge in [-0.05, 0) is 50.7 Å². The molecule has 3 aliphatic carbocycles. The number of methoxy groups -OCH3 is 1. The number of nitrogens with zero attached hydrogens (tertiary/aromatic N) is 5. The van der Waals surface area contributed by atoms with Crippen molar-refractivity contribution in [3.63, 3.8) is 0 Å². The zero-order valence-electron chi connectivity index (χ0n) is 20.6. The molecule has 1 saturated heterocycles. The number of fused-ring (bicyclic) bond motifs is 1. The van der Waals surface area contributed by atoms with E-state index in [0.717, 1.165) is 5.56 Å². The van der Waals surface area contributed by atoms with Gasteiger partial charge in [-0.3, -0.25) is 18.7 Å². The van der Waals surface area contributed by atoms with Gasteiger partial charge in [0.15, 0.2) is 11.2 Å². The fourth-order valence-corrected chi connectivity index (χ4v) is 6.27. The molecular formula is C25H26F3N5O4. The monoisotopic (exact) mass is 517 g/mol. The van der Waals surface area contributed by atoms with E-state index in [9.17, 15) is 22.8 Å². The molecule has 12 heteroatoms. The number of ether oxygens (including phenoxy) is 2. The summed E-state index contributed by atoms with van der Waals surface area (Å²) in [4.78, 5) is 40.3. The zero-order chi connectivity index (χ0) is 26.3. The van der Waals surface area contributed by atoms with Gasteiger partial charge < -0.3 is 9.47 Å². The first-order valence-electron chi connectivity index (χ1n) is 12.2. The maximum absolute atomic E-state index is 13.9. The number of rotatable bonds is 4. The molecule has 3 aromatic heterocycles. The van der Waals surface area contributed by atoms with Gasteiger partial charge in [-0.25, -0.2) is 15.0 Å². The molecule has 0 radical (unpaired) electrons. The second-order valence-electron chi connectivity index (χ2n) is 10.6. The van der Waals surface area contributed by atoms with Crippen molar-refractivity contribution in [2.24, 2.45) is 12.5 Å². The van der Waals surface area contributed by atoms with E-state index in [4.69, 9.17) is 9.47 Å². The number of pyridine rings is 1. The lowest BCUT2D eigenvalue weighted by atomic mass is 9.39. The van der Waals surface area contributed by atoms with Crippen LogP contribution in [-0.2, 0) is 17.3 Å². The number of aromatic nitrogens is 5. The van der Waals surface area contributed by atoms with Gasteiger partial charge in [-0.1, -0.05) is 0 Å². The molecule has 7 rings (SSSR count). The van der Waals surface area contributed by atoms with Gasteiger partial charge in [0.05, 0.1) is 24.2 Å². The fourth-order valence-electron chi connectivity index (χ4n) is 6.27. The second-order valence-corrected chi connectivity index (χ2v) is 10.6. The molecule has 4 aliphatic rings. The lowest BCUT2D eigenvalue weighted by Gasteiger charge is -2.70. The maximum Gasteiger partial charge on any atom is 0.394 e. The summed E-state index contributed by atoms with van der Waals surface area (Å²) in [6.07, 6.45) is -2.69. The summed E-state index contributed by atoms with van der Waals surface area (Å²) in [5, 5.41) is 0. The minimum absolute atomic E-state index is 0.00244. The third kappa shape index (κ3) is 3.37. The van der Waals surface area contributed by atoms with Crippen LogP contribution in [0.5, 0.6) is 5.88 Å². The Bertz CT molecular complexity index is 1510. The molecule has 2 bridgehead atoms. The molecule has 196 valence electrons. The highest BCUT2D eigenvalue weighted by molar-refractivity contribution is 5.70. The van der Waals surface area contributed by atoms with Crippen LogP contribution in [0.4, 0.5) is 13.2 Å². The highest BCUT2D eigenvalue weighted by Gasteiger charge is 2.79. The summed E-state index contributed by atoms with van der Waals surface area (Å²) in [6, 6.07) is 3.56. The normalized spacial score (nSPS) is 29.0. The Morgan fingerprint density at radius 1 is 1.14 bits per heavy atom. The topological polar surface area (TPSA) is 101 Å². The van der Waals surface area contributed by atoms with Crippen molar-refractivity contribution in [2.75, 3.05) is 13.7 Å². The van der Waals surface area contributed by atoms with Crippen LogP contribution < -0.4 is 15.9 Å². The molecule has 0 spiro atoms. The van der Waals surface area contributed by atoms with Crippen LogP contribution in [0.2, 0.25) is 0 Å². The zero-order valence-corrected chi connectivity index (χ0v) is 20.6. The number of alkyl halides is 3. The molecule has 0 unspecified atom stereocenters. The van der Waals surface area contributed by atoms with Crippen LogP contribution in [0, 0.1) is 12.3 Å². The minimum Gasteiger partial charge on any atom is -0.481 e. The van der Waals surface area contributed by atoms with Crippen molar-refractivity contribution in [1.29, 1.82) is 0 Å². The standard InChI is InChI=1S/C25H26F3N5O4/c1-13-30-20-19(21(34)32(13)2)31-18(22(35)33(20)24-10-23(11-24,12-24)25(26,27)28)14-6-7-37-16(8-14)15-4-5-17(36-3)29-9-15/h4-5,9,14,16H,6-8,10-12H2,1-3H3/t14-,16+,23?,24?/m0/s1. The molecule has 0 aromatic carbocycles. The van der Waals surface area contributed by atoms with Crippen LogP contribution in [0.3, 0.4) is 0 Å². The average Bonchev–Trinajstić information content (AvgIpc) is 2.82. The molecule has 0 amide bonds.